The van der Waals surface area contributed by atoms with Crippen LogP contribution in [-0.2, 0) is 14.3 Å². The zero-order chi connectivity index (χ0) is 20.9. The highest BCUT2D eigenvalue weighted by molar-refractivity contribution is 6.10. The van der Waals surface area contributed by atoms with E-state index >= 15 is 0 Å². The summed E-state index contributed by atoms with van der Waals surface area (Å²) in [6.07, 6.45) is -0.179. The van der Waals surface area contributed by atoms with Gasteiger partial charge in [0.1, 0.15) is 36.1 Å². The number of anilines is 2. The first kappa shape index (κ1) is 19.3. The minimum absolute atomic E-state index is 0.186. The second-order valence-corrected chi connectivity index (χ2v) is 7.18. The van der Waals surface area contributed by atoms with E-state index in [9.17, 15) is 19.8 Å². The summed E-state index contributed by atoms with van der Waals surface area (Å²) in [5.41, 5.74) is 4.00. The number of aromatic nitrogens is 2. The van der Waals surface area contributed by atoms with Crippen LogP contribution in [-0.4, -0.2) is 56.5 Å². The molecule has 4 atom stereocenters. The molecule has 29 heavy (non-hydrogen) atoms. The number of carbonyl (C=O) groups excluding carboxylic acids is 1. The fourth-order valence-corrected chi connectivity index (χ4v) is 3.60. The van der Waals surface area contributed by atoms with E-state index in [1.165, 1.54) is 23.9 Å². The number of nitrogen functional groups attached to an aromatic ring is 1. The van der Waals surface area contributed by atoms with Crippen molar-refractivity contribution in [3.8, 4) is 0 Å². The minimum atomic E-state index is -1.72. The highest BCUT2D eigenvalue weighted by Crippen LogP contribution is 2.45. The zero-order valence-electron chi connectivity index (χ0n) is 15.8. The van der Waals surface area contributed by atoms with Crippen LogP contribution in [0.25, 0.3) is 10.8 Å². The van der Waals surface area contributed by atoms with E-state index in [-0.39, 0.29) is 24.5 Å². The van der Waals surface area contributed by atoms with Crippen molar-refractivity contribution in [2.75, 3.05) is 17.7 Å². The third-order valence-electron chi connectivity index (χ3n) is 5.15. The molecule has 1 saturated heterocycles. The van der Waals surface area contributed by atoms with E-state index < -0.39 is 35.6 Å². The first-order valence-corrected chi connectivity index (χ1v) is 9.10. The second-order valence-electron chi connectivity index (χ2n) is 7.18. The van der Waals surface area contributed by atoms with Crippen LogP contribution in [0.5, 0.6) is 0 Å². The summed E-state index contributed by atoms with van der Waals surface area (Å²) in [5, 5.41) is 25.3. The van der Waals surface area contributed by atoms with Crippen LogP contribution in [0.1, 0.15) is 26.5 Å². The number of hydrogen-bond acceptors (Lipinski definition) is 10. The molecule has 11 nitrogen and oxygen atoms in total. The number of nitrogens with two attached hydrogens (primary N) is 1. The molecule has 0 spiro atoms. The molecule has 4 rings (SSSR count). The molecule has 4 unspecified atom stereocenters. The molecular formula is C18H21N5O6. The van der Waals surface area contributed by atoms with Gasteiger partial charge in [0.05, 0.1) is 11.7 Å². The van der Waals surface area contributed by atoms with Crippen molar-refractivity contribution in [2.24, 2.45) is 4.99 Å². The molecule has 0 amide bonds. The van der Waals surface area contributed by atoms with Crippen molar-refractivity contribution in [1.29, 1.82) is 0 Å². The molecule has 2 aromatic rings. The van der Waals surface area contributed by atoms with Crippen molar-refractivity contribution in [3.63, 3.8) is 0 Å². The van der Waals surface area contributed by atoms with Gasteiger partial charge in [0.25, 0.3) is 5.56 Å². The molecule has 2 aliphatic heterocycles. The number of rotatable bonds is 4. The zero-order valence-corrected chi connectivity index (χ0v) is 15.8. The minimum Gasteiger partial charge on any atom is -0.463 e. The molecule has 1 fully saturated rings. The summed E-state index contributed by atoms with van der Waals surface area (Å²) in [6, 6.07) is 1.20. The molecule has 2 aliphatic rings. The summed E-state index contributed by atoms with van der Waals surface area (Å²) in [6.45, 7) is 2.87. The third-order valence-corrected chi connectivity index (χ3v) is 5.15. The Kier molecular flexibility index (Phi) is 4.52. The summed E-state index contributed by atoms with van der Waals surface area (Å²) in [5.74, 6) is 0.190. The van der Waals surface area contributed by atoms with Crippen molar-refractivity contribution in [2.45, 2.75) is 44.3 Å². The Labute approximate surface area is 164 Å². The van der Waals surface area contributed by atoms with Gasteiger partial charge in [-0.15, -0.1) is 0 Å². The predicted molar refractivity (Wildman–Crippen MR) is 104 cm³/mol. The number of aliphatic hydroxyl groups is 2. The van der Waals surface area contributed by atoms with Gasteiger partial charge < -0.3 is 35.3 Å². The monoisotopic (exact) mass is 403 g/mol. The van der Waals surface area contributed by atoms with Gasteiger partial charge in [-0.05, 0) is 6.92 Å². The lowest BCUT2D eigenvalue weighted by atomic mass is 9.96. The SMILES string of the molecule is CCC(=O)OCC1OC(n2cc3c(N)cc(=O)nc4c3c2N=CN4)C(C)(O)C1O. The van der Waals surface area contributed by atoms with E-state index in [2.05, 4.69) is 15.3 Å². The summed E-state index contributed by atoms with van der Waals surface area (Å²) < 4.78 is 12.5. The Morgan fingerprint density at radius 1 is 1.52 bits per heavy atom. The largest absolute Gasteiger partial charge is 0.463 e. The number of hydrogen-bond donors (Lipinski definition) is 4. The van der Waals surface area contributed by atoms with Gasteiger partial charge in [-0.1, -0.05) is 6.92 Å². The van der Waals surface area contributed by atoms with E-state index in [1.807, 2.05) is 0 Å². The van der Waals surface area contributed by atoms with E-state index in [0.717, 1.165) is 0 Å². The summed E-state index contributed by atoms with van der Waals surface area (Å²) >= 11 is 0. The fourth-order valence-electron chi connectivity index (χ4n) is 3.60. The number of nitrogens with one attached hydrogen (secondary N) is 1. The quantitative estimate of drug-likeness (QED) is 0.516. The van der Waals surface area contributed by atoms with Crippen LogP contribution >= 0.6 is 0 Å². The lowest BCUT2D eigenvalue weighted by Gasteiger charge is -2.28. The second kappa shape index (κ2) is 6.79. The smallest absolute Gasteiger partial charge is 0.305 e. The molecule has 5 N–H and O–H groups in total. The Bertz CT molecular complexity index is 1080. The molecule has 11 heteroatoms. The topological polar surface area (TPSA) is 161 Å². The van der Waals surface area contributed by atoms with Crippen molar-refractivity contribution in [1.82, 2.24) is 9.55 Å². The lowest BCUT2D eigenvalue weighted by molar-refractivity contribution is -0.149. The average molecular weight is 403 g/mol. The van der Waals surface area contributed by atoms with Gasteiger partial charge in [0.15, 0.2) is 6.23 Å². The normalized spacial score (nSPS) is 27.8. The number of aliphatic hydroxyl groups excluding tert-OH is 1. The van der Waals surface area contributed by atoms with Crippen molar-refractivity contribution < 1.29 is 24.5 Å². The maximum absolute atomic E-state index is 11.9. The predicted octanol–water partition coefficient (Wildman–Crippen LogP) is 0.0265. The van der Waals surface area contributed by atoms with Gasteiger partial charge >= 0.3 is 5.97 Å². The number of nitrogens with zero attached hydrogens (tertiary/aromatic N) is 3. The van der Waals surface area contributed by atoms with Gasteiger partial charge in [-0.25, -0.2) is 4.99 Å². The molecule has 0 bridgehead atoms. The van der Waals surface area contributed by atoms with Gasteiger partial charge in [0.2, 0.25) is 0 Å². The standard InChI is InChI=1S/C18H21N5O6/c1-3-12(25)28-6-10-14(26)18(2,27)17(29-10)23-5-8-9(19)4-11(24)22-15-13(8)16(23)21-7-20-15/h4-5,7,10,14,17,26-27H,3,6,19H2,1-2H3,(H,20,21,22,24). The van der Waals surface area contributed by atoms with Crippen LogP contribution in [0.15, 0.2) is 22.1 Å². The molecule has 4 heterocycles. The number of carbonyl (C=O) groups is 1. The van der Waals surface area contributed by atoms with Gasteiger partial charge in [0, 0.05) is 29.8 Å². The molecule has 0 aromatic carbocycles. The fraction of sp³-hybridized carbons (Fsp3) is 0.444. The molecule has 0 saturated carbocycles. The highest BCUT2D eigenvalue weighted by Gasteiger charge is 2.54. The first-order chi connectivity index (χ1) is 13.7. The van der Waals surface area contributed by atoms with E-state index in [0.29, 0.717) is 16.6 Å². The lowest BCUT2D eigenvalue weighted by Crippen LogP contribution is -2.44. The Morgan fingerprint density at radius 2 is 2.28 bits per heavy atom. The molecule has 154 valence electrons. The Hall–Kier alpha value is -3.02. The van der Waals surface area contributed by atoms with Crippen LogP contribution in [0.2, 0.25) is 0 Å². The first-order valence-electron chi connectivity index (χ1n) is 9.10. The molecular weight excluding hydrogens is 382 g/mol. The van der Waals surface area contributed by atoms with Crippen LogP contribution in [0, 0.1) is 0 Å². The van der Waals surface area contributed by atoms with Crippen LogP contribution < -0.4 is 16.6 Å². The van der Waals surface area contributed by atoms with Crippen molar-refractivity contribution in [3.05, 3.63) is 22.6 Å². The Balaban J connectivity index is 1.79. The van der Waals surface area contributed by atoms with E-state index in [1.54, 1.807) is 13.1 Å². The molecule has 2 aromatic heterocycles. The summed E-state index contributed by atoms with van der Waals surface area (Å²) in [7, 11) is 0. The van der Waals surface area contributed by atoms with Crippen LogP contribution in [0.3, 0.4) is 0 Å². The molecule has 0 aliphatic carbocycles. The summed E-state index contributed by atoms with van der Waals surface area (Å²) in [4.78, 5) is 31.6. The maximum Gasteiger partial charge on any atom is 0.305 e. The van der Waals surface area contributed by atoms with Crippen LogP contribution in [0.4, 0.5) is 17.3 Å². The number of aliphatic imine (C=N–C) groups is 1. The average Bonchev–Trinajstić information content (AvgIpc) is 3.12. The maximum atomic E-state index is 11.9. The van der Waals surface area contributed by atoms with Gasteiger partial charge in [-0.3, -0.25) is 9.59 Å². The third kappa shape index (κ3) is 3.03. The van der Waals surface area contributed by atoms with Crippen molar-refractivity contribution >= 4 is 40.4 Å². The number of esters is 1. The van der Waals surface area contributed by atoms with Gasteiger partial charge in [-0.2, -0.15) is 4.98 Å². The van der Waals surface area contributed by atoms with E-state index in [4.69, 9.17) is 15.2 Å². The number of ether oxygens (including phenoxy) is 2. The highest BCUT2D eigenvalue weighted by atomic mass is 16.6. The Morgan fingerprint density at radius 3 is 3.00 bits per heavy atom. The molecule has 0 radical (unpaired) electrons.